The standard InChI is InChI=1S/C69H63N7/c1-66(2,3)48-22-26-59-55(36-48)56-37-49(67(4,5)6)23-27-60(56)75(59)53-33-45(44-21-17-18-42(30-44)41-70)31-46(34-53)64-72-63(43-19-15-14-16-20-43)73-65(74-64)47-32-52(71-13)40-54(35-47)76-61-28-24-50(68(7,8)9)38-57(61)58-39-51(69(10,11)12)25-29-62(58)76/h14-40H,1-12H3. The monoisotopic (exact) mass is 990 g/mol. The third-order valence-electron chi connectivity index (χ3n) is 15.0. The maximum absolute atomic E-state index is 10.1. The Hall–Kier alpha value is -8.65. The second-order valence-electron chi connectivity index (χ2n) is 24.6. The van der Waals surface area contributed by atoms with Gasteiger partial charge in [-0.2, -0.15) is 5.26 Å². The number of aromatic nitrogens is 5. The van der Waals surface area contributed by atoms with Gasteiger partial charge < -0.3 is 9.13 Å². The zero-order chi connectivity index (χ0) is 53.6. The summed E-state index contributed by atoms with van der Waals surface area (Å²) >= 11 is 0. The highest BCUT2D eigenvalue weighted by Crippen LogP contribution is 2.42. The molecule has 7 heteroatoms. The van der Waals surface area contributed by atoms with E-state index in [9.17, 15) is 5.26 Å². The fourth-order valence-electron chi connectivity index (χ4n) is 10.5. The summed E-state index contributed by atoms with van der Waals surface area (Å²) in [6.45, 7) is 35.6. The molecule has 0 amide bonds. The zero-order valence-corrected chi connectivity index (χ0v) is 45.7. The molecule has 0 N–H and O–H groups in total. The van der Waals surface area contributed by atoms with E-state index in [0.29, 0.717) is 34.3 Å². The van der Waals surface area contributed by atoms with Crippen LogP contribution in [0.4, 0.5) is 5.69 Å². The molecule has 374 valence electrons. The Bertz CT molecular complexity index is 4080. The van der Waals surface area contributed by atoms with Gasteiger partial charge in [-0.15, -0.1) is 0 Å². The lowest BCUT2D eigenvalue weighted by Gasteiger charge is -2.19. The van der Waals surface area contributed by atoms with Crippen LogP contribution < -0.4 is 0 Å². The van der Waals surface area contributed by atoms with Gasteiger partial charge in [0.05, 0.1) is 40.3 Å². The molecule has 0 unspecified atom stereocenters. The Morgan fingerprint density at radius 2 is 0.763 bits per heavy atom. The highest BCUT2D eigenvalue weighted by atomic mass is 15.0. The van der Waals surface area contributed by atoms with Crippen LogP contribution in [0.25, 0.3) is 105 Å². The predicted octanol–water partition coefficient (Wildman–Crippen LogP) is 18.3. The first-order chi connectivity index (χ1) is 36.0. The molecule has 7 nitrogen and oxygen atoms in total. The van der Waals surface area contributed by atoms with Crippen molar-refractivity contribution >= 4 is 49.3 Å². The Morgan fingerprint density at radius 3 is 1.17 bits per heavy atom. The van der Waals surface area contributed by atoms with Crippen molar-refractivity contribution in [1.29, 1.82) is 5.26 Å². The quantitative estimate of drug-likeness (QED) is 0.156. The van der Waals surface area contributed by atoms with Crippen molar-refractivity contribution in [3.05, 3.63) is 203 Å². The van der Waals surface area contributed by atoms with Gasteiger partial charge in [0, 0.05) is 49.6 Å². The first-order valence-electron chi connectivity index (χ1n) is 26.3. The summed E-state index contributed by atoms with van der Waals surface area (Å²) in [6.07, 6.45) is 0. The van der Waals surface area contributed by atoms with Gasteiger partial charge in [0.1, 0.15) is 0 Å². The largest absolute Gasteiger partial charge is 0.310 e. The minimum atomic E-state index is -0.0548. The number of rotatable bonds is 6. The lowest BCUT2D eigenvalue weighted by molar-refractivity contribution is 0.590. The molecule has 11 rings (SSSR count). The molecule has 11 aromatic rings. The smallest absolute Gasteiger partial charge is 0.190 e. The summed E-state index contributed by atoms with van der Waals surface area (Å²) in [6, 6.07) is 60.0. The SMILES string of the molecule is [C-]#[N+]c1cc(-c2nc(-c3ccccc3)nc(-c3cc(-c4cccc(C#N)c4)cc(-n4c5ccc(C(C)(C)C)cc5c5cc(C(C)(C)C)ccc54)c3)n2)cc(-n2c3ccc(C(C)(C)C)cc3c3cc(C(C)(C)C)ccc32)c1. The Kier molecular flexibility index (Phi) is 11.8. The van der Waals surface area contributed by atoms with E-state index in [1.54, 1.807) is 0 Å². The Labute approximate surface area is 447 Å². The van der Waals surface area contributed by atoms with Crippen LogP contribution in [-0.2, 0) is 21.7 Å². The molecule has 0 spiro atoms. The fraction of sp³-hybridized carbons (Fsp3) is 0.232. The van der Waals surface area contributed by atoms with Crippen LogP contribution in [0.5, 0.6) is 0 Å². The zero-order valence-electron chi connectivity index (χ0n) is 45.7. The third kappa shape index (κ3) is 9.01. The number of nitriles is 1. The van der Waals surface area contributed by atoms with Crippen LogP contribution in [0, 0.1) is 17.9 Å². The van der Waals surface area contributed by atoms with Gasteiger partial charge in [-0.3, -0.25) is 0 Å². The van der Waals surface area contributed by atoms with Gasteiger partial charge >= 0.3 is 0 Å². The number of hydrogen-bond donors (Lipinski definition) is 0. The van der Waals surface area contributed by atoms with Gasteiger partial charge in [-0.05, 0) is 152 Å². The van der Waals surface area contributed by atoms with E-state index >= 15 is 0 Å². The van der Waals surface area contributed by atoms with E-state index in [1.807, 2.05) is 60.7 Å². The summed E-state index contributed by atoms with van der Waals surface area (Å²) in [7, 11) is 0. The molecule has 0 aliphatic carbocycles. The van der Waals surface area contributed by atoms with Gasteiger partial charge in [-0.1, -0.05) is 150 Å². The van der Waals surface area contributed by atoms with Crippen molar-refractivity contribution in [1.82, 2.24) is 24.1 Å². The van der Waals surface area contributed by atoms with E-state index in [0.717, 1.165) is 55.7 Å². The highest BCUT2D eigenvalue weighted by Gasteiger charge is 2.25. The predicted molar refractivity (Wildman–Crippen MR) is 316 cm³/mol. The molecule has 3 aromatic heterocycles. The van der Waals surface area contributed by atoms with E-state index in [-0.39, 0.29) is 21.7 Å². The lowest BCUT2D eigenvalue weighted by Crippen LogP contribution is -2.10. The molecule has 0 bridgehead atoms. The van der Waals surface area contributed by atoms with Crippen LogP contribution in [0.2, 0.25) is 0 Å². The van der Waals surface area contributed by atoms with Crippen LogP contribution in [0.3, 0.4) is 0 Å². The Morgan fingerprint density at radius 1 is 0.382 bits per heavy atom. The maximum Gasteiger partial charge on any atom is 0.190 e. The Balaban J connectivity index is 1.17. The van der Waals surface area contributed by atoms with Gasteiger partial charge in [0.2, 0.25) is 0 Å². The van der Waals surface area contributed by atoms with Gasteiger partial charge in [-0.25, -0.2) is 19.8 Å². The van der Waals surface area contributed by atoms with Gasteiger partial charge in [0.25, 0.3) is 0 Å². The van der Waals surface area contributed by atoms with Crippen LogP contribution in [0.15, 0.2) is 164 Å². The molecular weight excluding hydrogens is 927 g/mol. The topological polar surface area (TPSA) is 76.7 Å². The number of hydrogen-bond acceptors (Lipinski definition) is 4. The van der Waals surface area contributed by atoms with Crippen molar-refractivity contribution in [2.24, 2.45) is 0 Å². The van der Waals surface area contributed by atoms with E-state index in [2.05, 4.69) is 206 Å². The molecule has 3 heterocycles. The van der Waals surface area contributed by atoms with Crippen LogP contribution >= 0.6 is 0 Å². The van der Waals surface area contributed by atoms with Crippen molar-refractivity contribution in [2.75, 3.05) is 0 Å². The summed E-state index contributed by atoms with van der Waals surface area (Å²) in [5.41, 5.74) is 16.1. The molecule has 0 aliphatic heterocycles. The summed E-state index contributed by atoms with van der Waals surface area (Å²) in [5.74, 6) is 1.43. The lowest BCUT2D eigenvalue weighted by atomic mass is 9.85. The van der Waals surface area contributed by atoms with Crippen molar-refractivity contribution in [2.45, 2.75) is 105 Å². The molecule has 0 fully saturated rings. The fourth-order valence-corrected chi connectivity index (χ4v) is 10.5. The minimum Gasteiger partial charge on any atom is -0.310 e. The molecule has 8 aromatic carbocycles. The van der Waals surface area contributed by atoms with Crippen molar-refractivity contribution in [3.8, 4) is 62.7 Å². The van der Waals surface area contributed by atoms with E-state index in [1.165, 1.54) is 43.8 Å². The molecule has 76 heavy (non-hydrogen) atoms. The molecule has 0 radical (unpaired) electrons. The molecule has 0 saturated heterocycles. The summed E-state index contributed by atoms with van der Waals surface area (Å²) < 4.78 is 4.64. The number of nitrogens with zero attached hydrogens (tertiary/aromatic N) is 7. The molecular formula is C69H63N7. The van der Waals surface area contributed by atoms with E-state index in [4.69, 9.17) is 21.5 Å². The first kappa shape index (κ1) is 49.6. The maximum atomic E-state index is 10.1. The average Bonchev–Trinajstić information content (AvgIpc) is 3.96. The van der Waals surface area contributed by atoms with Crippen molar-refractivity contribution in [3.63, 3.8) is 0 Å². The molecule has 0 atom stereocenters. The average molecular weight is 990 g/mol. The second kappa shape index (κ2) is 18.0. The summed E-state index contributed by atoms with van der Waals surface area (Å²) in [5, 5.41) is 14.8. The second-order valence-corrected chi connectivity index (χ2v) is 24.6. The number of benzene rings is 8. The van der Waals surface area contributed by atoms with E-state index < -0.39 is 0 Å². The highest BCUT2D eigenvalue weighted by molar-refractivity contribution is 6.11. The molecule has 0 aliphatic rings. The minimum absolute atomic E-state index is 0.0506. The van der Waals surface area contributed by atoms with Crippen LogP contribution in [0.1, 0.15) is 111 Å². The van der Waals surface area contributed by atoms with Crippen LogP contribution in [-0.4, -0.2) is 24.1 Å². The third-order valence-corrected chi connectivity index (χ3v) is 15.0. The summed E-state index contributed by atoms with van der Waals surface area (Å²) in [4.78, 5) is 20.0. The van der Waals surface area contributed by atoms with Gasteiger partial charge in [0.15, 0.2) is 23.2 Å². The number of fused-ring (bicyclic) bond motifs is 6. The molecule has 0 saturated carbocycles. The normalized spacial score (nSPS) is 12.4. The first-order valence-corrected chi connectivity index (χ1v) is 26.3. The van der Waals surface area contributed by atoms with Crippen molar-refractivity contribution < 1.29 is 0 Å².